The van der Waals surface area contributed by atoms with Crippen LogP contribution in [0.15, 0.2) is 42.0 Å². The van der Waals surface area contributed by atoms with Crippen molar-refractivity contribution in [3.05, 3.63) is 81.7 Å². The molecule has 2 aliphatic rings. The Kier molecular flexibility index (Phi) is 5.58. The van der Waals surface area contributed by atoms with Crippen molar-refractivity contribution in [2.75, 3.05) is 6.54 Å². The normalized spacial score (nSPS) is 20.8. The highest BCUT2D eigenvalue weighted by atomic mass is 19.2. The molecule has 0 saturated carbocycles. The highest BCUT2D eigenvalue weighted by molar-refractivity contribution is 5.94. The quantitative estimate of drug-likeness (QED) is 0.736. The van der Waals surface area contributed by atoms with Crippen LogP contribution in [-0.4, -0.2) is 29.3 Å². The third-order valence-corrected chi connectivity index (χ3v) is 6.09. The molecule has 162 valence electrons. The van der Waals surface area contributed by atoms with E-state index in [-0.39, 0.29) is 24.3 Å². The third kappa shape index (κ3) is 4.07. The summed E-state index contributed by atoms with van der Waals surface area (Å²) in [6.07, 6.45) is 2.81. The van der Waals surface area contributed by atoms with Gasteiger partial charge >= 0.3 is 0 Å². The van der Waals surface area contributed by atoms with Gasteiger partial charge in [-0.3, -0.25) is 9.59 Å². The van der Waals surface area contributed by atoms with Crippen LogP contribution in [0.1, 0.15) is 45.8 Å². The molecule has 2 amide bonds. The minimum absolute atomic E-state index is 0.0139. The number of primary amides is 1. The second kappa shape index (κ2) is 8.19. The van der Waals surface area contributed by atoms with Gasteiger partial charge in [0.15, 0.2) is 11.6 Å². The van der Waals surface area contributed by atoms with Gasteiger partial charge < -0.3 is 16.4 Å². The Balaban J connectivity index is 1.51. The van der Waals surface area contributed by atoms with Gasteiger partial charge in [0.1, 0.15) is 5.82 Å². The van der Waals surface area contributed by atoms with Crippen LogP contribution in [0.5, 0.6) is 0 Å². The van der Waals surface area contributed by atoms with E-state index in [2.05, 4.69) is 0 Å². The van der Waals surface area contributed by atoms with E-state index >= 15 is 0 Å². The molecule has 2 aromatic carbocycles. The molecule has 1 aliphatic heterocycles. The molecule has 0 spiro atoms. The summed E-state index contributed by atoms with van der Waals surface area (Å²) in [5.41, 5.74) is 14.4. The molecule has 8 heteroatoms. The Morgan fingerprint density at radius 1 is 1.00 bits per heavy atom. The number of carbonyl (C=O) groups is 2. The largest absolute Gasteiger partial charge is 0.366 e. The maximum Gasteiger partial charge on any atom is 0.249 e. The van der Waals surface area contributed by atoms with Gasteiger partial charge in [0.2, 0.25) is 11.8 Å². The number of carbonyl (C=O) groups excluding carboxylic acids is 2. The Morgan fingerprint density at radius 3 is 2.45 bits per heavy atom. The van der Waals surface area contributed by atoms with Gasteiger partial charge in [-0.2, -0.15) is 0 Å². The first-order valence-electron chi connectivity index (χ1n) is 10.0. The van der Waals surface area contributed by atoms with E-state index in [0.717, 1.165) is 17.2 Å². The molecule has 0 saturated heterocycles. The fourth-order valence-electron chi connectivity index (χ4n) is 4.36. The van der Waals surface area contributed by atoms with Crippen molar-refractivity contribution in [1.82, 2.24) is 4.90 Å². The zero-order valence-corrected chi connectivity index (χ0v) is 16.7. The van der Waals surface area contributed by atoms with Crippen molar-refractivity contribution in [2.24, 2.45) is 11.5 Å². The van der Waals surface area contributed by atoms with E-state index < -0.39 is 35.3 Å². The lowest BCUT2D eigenvalue weighted by Gasteiger charge is -2.33. The van der Waals surface area contributed by atoms with E-state index in [1.54, 1.807) is 23.1 Å². The van der Waals surface area contributed by atoms with Crippen molar-refractivity contribution < 1.29 is 22.8 Å². The number of fused-ring (bicyclic) bond motifs is 1. The van der Waals surface area contributed by atoms with Gasteiger partial charge in [0.05, 0.1) is 0 Å². The average Bonchev–Trinajstić information content (AvgIpc) is 2.75. The van der Waals surface area contributed by atoms with E-state index in [0.29, 0.717) is 36.7 Å². The van der Waals surface area contributed by atoms with E-state index in [1.165, 1.54) is 0 Å². The monoisotopic (exact) mass is 429 g/mol. The lowest BCUT2D eigenvalue weighted by molar-refractivity contribution is -0.128. The number of hydrogen-bond acceptors (Lipinski definition) is 3. The molecular weight excluding hydrogens is 407 g/mol. The molecule has 4 rings (SSSR count). The molecule has 5 nitrogen and oxygen atoms in total. The smallest absolute Gasteiger partial charge is 0.249 e. The summed E-state index contributed by atoms with van der Waals surface area (Å²) in [5, 5.41) is 0. The number of nitrogens with zero attached hydrogens (tertiary/aromatic N) is 1. The van der Waals surface area contributed by atoms with Crippen LogP contribution in [0.25, 0.3) is 0 Å². The number of allylic oxidation sites excluding steroid dienone is 1. The lowest BCUT2D eigenvalue weighted by atomic mass is 9.80. The first-order chi connectivity index (χ1) is 14.7. The molecule has 0 radical (unpaired) electrons. The van der Waals surface area contributed by atoms with Crippen LogP contribution in [0.4, 0.5) is 13.2 Å². The van der Waals surface area contributed by atoms with E-state index in [1.807, 2.05) is 6.07 Å². The predicted molar refractivity (Wildman–Crippen MR) is 108 cm³/mol. The number of nitrogens with two attached hydrogens (primary N) is 2. The minimum Gasteiger partial charge on any atom is -0.366 e. The highest BCUT2D eigenvalue weighted by Crippen LogP contribution is 2.35. The molecule has 31 heavy (non-hydrogen) atoms. The summed E-state index contributed by atoms with van der Waals surface area (Å²) in [6, 6.07) is 6.00. The highest BCUT2D eigenvalue weighted by Gasteiger charge is 2.32. The third-order valence-electron chi connectivity index (χ3n) is 6.09. The Labute approximate surface area is 177 Å². The molecule has 1 aliphatic carbocycles. The summed E-state index contributed by atoms with van der Waals surface area (Å²) in [6.45, 7) is 0.874. The SMILES string of the molecule is NC(=O)c1ccc2c(c1)CN(C(=O)C1=CC[C@@H](c3cc(F)c(F)cc3F)[C@H](N)C1)CC2. The number of benzene rings is 2. The molecule has 2 aromatic rings. The summed E-state index contributed by atoms with van der Waals surface area (Å²) in [5.74, 6) is -4.47. The fourth-order valence-corrected chi connectivity index (χ4v) is 4.36. The summed E-state index contributed by atoms with van der Waals surface area (Å²) in [7, 11) is 0. The minimum atomic E-state index is -1.25. The molecule has 4 N–H and O–H groups in total. The van der Waals surface area contributed by atoms with Gasteiger partial charge in [0.25, 0.3) is 0 Å². The molecule has 0 unspecified atom stereocenters. The van der Waals surface area contributed by atoms with Crippen molar-refractivity contribution in [2.45, 2.75) is 37.8 Å². The molecule has 0 fully saturated rings. The summed E-state index contributed by atoms with van der Waals surface area (Å²) >= 11 is 0. The zero-order chi connectivity index (χ0) is 22.3. The molecule has 1 heterocycles. The zero-order valence-electron chi connectivity index (χ0n) is 16.7. The Bertz CT molecular complexity index is 1100. The average molecular weight is 429 g/mol. The van der Waals surface area contributed by atoms with Crippen LogP contribution in [-0.2, 0) is 17.8 Å². The number of rotatable bonds is 3. The maximum atomic E-state index is 14.2. The van der Waals surface area contributed by atoms with E-state index in [4.69, 9.17) is 11.5 Å². The Hall–Kier alpha value is -3.13. The van der Waals surface area contributed by atoms with E-state index in [9.17, 15) is 22.8 Å². The van der Waals surface area contributed by atoms with Crippen molar-refractivity contribution in [3.8, 4) is 0 Å². The van der Waals surface area contributed by atoms with Gasteiger partial charge in [-0.1, -0.05) is 12.1 Å². The fraction of sp³-hybridized carbons (Fsp3) is 0.304. The number of amides is 2. The maximum absolute atomic E-state index is 14.2. The van der Waals surface area contributed by atoms with Crippen LogP contribution >= 0.6 is 0 Å². The van der Waals surface area contributed by atoms with Crippen LogP contribution < -0.4 is 11.5 Å². The first-order valence-corrected chi connectivity index (χ1v) is 10.0. The topological polar surface area (TPSA) is 89.4 Å². The van der Waals surface area contributed by atoms with Crippen LogP contribution in [0.2, 0.25) is 0 Å². The summed E-state index contributed by atoms with van der Waals surface area (Å²) < 4.78 is 41.0. The van der Waals surface area contributed by atoms with Crippen LogP contribution in [0.3, 0.4) is 0 Å². The number of halogens is 3. The number of hydrogen-bond donors (Lipinski definition) is 2. The molecule has 2 atom stereocenters. The van der Waals surface area contributed by atoms with Crippen molar-refractivity contribution in [1.29, 1.82) is 0 Å². The lowest BCUT2D eigenvalue weighted by Crippen LogP contribution is -2.40. The predicted octanol–water partition coefficient (Wildman–Crippen LogP) is 2.92. The van der Waals surface area contributed by atoms with Crippen molar-refractivity contribution >= 4 is 11.8 Å². The molecular formula is C23H22F3N3O2. The molecule has 0 bridgehead atoms. The molecule has 0 aromatic heterocycles. The Morgan fingerprint density at radius 2 is 1.74 bits per heavy atom. The van der Waals surface area contributed by atoms with Crippen LogP contribution in [0, 0.1) is 17.5 Å². The second-order valence-corrected chi connectivity index (χ2v) is 8.05. The van der Waals surface area contributed by atoms with Gasteiger partial charge in [0, 0.05) is 42.3 Å². The summed E-state index contributed by atoms with van der Waals surface area (Å²) in [4.78, 5) is 26.2. The van der Waals surface area contributed by atoms with Crippen molar-refractivity contribution in [3.63, 3.8) is 0 Å². The van der Waals surface area contributed by atoms with Gasteiger partial charge in [-0.25, -0.2) is 13.2 Å². The first kappa shape index (κ1) is 21.1. The van der Waals surface area contributed by atoms with Gasteiger partial charge in [-0.05, 0) is 54.2 Å². The second-order valence-electron chi connectivity index (χ2n) is 8.05. The standard InChI is InChI=1S/C23H22F3N3O2/c24-18-10-20(26)19(25)9-17(18)16-4-3-14(8-21(16)27)23(31)29-6-5-12-1-2-13(22(28)30)7-15(12)11-29/h1-3,7,9-10,16,21H,4-6,8,11,27H2,(H2,28,30)/t16-,21+/m0/s1. The van der Waals surface area contributed by atoms with Gasteiger partial charge in [-0.15, -0.1) is 0 Å².